The number of nitrogens with two attached hydrogens (primary N) is 1. The molecule has 0 aliphatic carbocycles. The van der Waals surface area contributed by atoms with Gasteiger partial charge in [-0.05, 0) is 12.2 Å². The van der Waals surface area contributed by atoms with Crippen molar-refractivity contribution in [2.45, 2.75) is 18.6 Å². The highest BCUT2D eigenvalue weighted by molar-refractivity contribution is 7.99. The Morgan fingerprint density at radius 3 is 2.74 bits per heavy atom. The quantitative estimate of drug-likeness (QED) is 0.653. The van der Waals surface area contributed by atoms with Crippen molar-refractivity contribution in [2.75, 3.05) is 28.9 Å². The maximum absolute atomic E-state index is 12.7. The van der Waals surface area contributed by atoms with Crippen molar-refractivity contribution in [3.05, 3.63) is 11.9 Å². The summed E-state index contributed by atoms with van der Waals surface area (Å²) in [5.41, 5.74) is 2.14. The molecule has 0 radical (unpaired) electrons. The molecule has 1 aliphatic heterocycles. The fourth-order valence-electron chi connectivity index (χ4n) is 1.83. The van der Waals surface area contributed by atoms with E-state index in [2.05, 4.69) is 15.4 Å². The number of hydrogen-bond donors (Lipinski definition) is 2. The van der Waals surface area contributed by atoms with Crippen molar-refractivity contribution >= 4 is 23.4 Å². The number of nitrogens with one attached hydrogen (secondary N) is 1. The minimum Gasteiger partial charge on any atom is -0.356 e. The summed E-state index contributed by atoms with van der Waals surface area (Å²) in [6.45, 7) is 0. The van der Waals surface area contributed by atoms with Crippen LogP contribution in [0.1, 0.15) is 12.2 Å². The third-order valence-corrected chi connectivity index (χ3v) is 4.07. The zero-order valence-corrected chi connectivity index (χ0v) is 11.1. The number of halogens is 3. The Morgan fingerprint density at radius 2 is 2.21 bits per heavy atom. The van der Waals surface area contributed by atoms with Gasteiger partial charge in [-0.2, -0.15) is 24.9 Å². The van der Waals surface area contributed by atoms with Gasteiger partial charge in [0.25, 0.3) is 0 Å². The van der Waals surface area contributed by atoms with Crippen molar-refractivity contribution < 1.29 is 13.2 Å². The van der Waals surface area contributed by atoms with E-state index in [1.807, 2.05) is 0 Å². The third-order valence-electron chi connectivity index (χ3n) is 2.93. The topological polar surface area (TPSA) is 67.1 Å². The maximum Gasteiger partial charge on any atom is 0.451 e. The van der Waals surface area contributed by atoms with Gasteiger partial charge in [0, 0.05) is 24.9 Å². The summed E-state index contributed by atoms with van der Waals surface area (Å²) in [7, 11) is 1.74. The number of thioether (sulfide) groups is 1. The lowest BCUT2D eigenvalue weighted by Gasteiger charge is -2.25. The molecule has 1 aliphatic rings. The summed E-state index contributed by atoms with van der Waals surface area (Å²) in [5, 5.41) is 0. The van der Waals surface area contributed by atoms with E-state index in [0.717, 1.165) is 17.9 Å². The van der Waals surface area contributed by atoms with Crippen molar-refractivity contribution in [1.29, 1.82) is 0 Å². The van der Waals surface area contributed by atoms with Crippen LogP contribution < -0.4 is 16.2 Å². The first-order valence-corrected chi connectivity index (χ1v) is 6.80. The summed E-state index contributed by atoms with van der Waals surface area (Å²) in [5.74, 6) is 6.04. The van der Waals surface area contributed by atoms with Gasteiger partial charge in [-0.3, -0.25) is 0 Å². The third kappa shape index (κ3) is 3.21. The van der Waals surface area contributed by atoms with Crippen LogP contribution >= 0.6 is 11.8 Å². The van der Waals surface area contributed by atoms with Gasteiger partial charge in [0.2, 0.25) is 5.82 Å². The molecule has 5 nitrogen and oxygen atoms in total. The number of rotatable bonds is 3. The lowest BCUT2D eigenvalue weighted by atomic mass is 10.2. The van der Waals surface area contributed by atoms with E-state index in [9.17, 15) is 13.2 Å². The average molecular weight is 293 g/mol. The van der Waals surface area contributed by atoms with Crippen LogP contribution in [0.5, 0.6) is 0 Å². The van der Waals surface area contributed by atoms with Gasteiger partial charge in [0.1, 0.15) is 11.6 Å². The first kappa shape index (κ1) is 14.2. The minimum atomic E-state index is -4.59. The van der Waals surface area contributed by atoms with E-state index in [4.69, 9.17) is 5.84 Å². The minimum absolute atomic E-state index is 0.0465. The second kappa shape index (κ2) is 5.41. The van der Waals surface area contributed by atoms with Gasteiger partial charge in [-0.15, -0.1) is 0 Å². The number of anilines is 2. The molecule has 2 rings (SSSR count). The van der Waals surface area contributed by atoms with Crippen molar-refractivity contribution in [3.63, 3.8) is 0 Å². The SMILES string of the molecule is CN(c1cc(NN)nc(C(F)(F)F)n1)C1CCSC1. The molecule has 0 spiro atoms. The van der Waals surface area contributed by atoms with Gasteiger partial charge in [0.15, 0.2) is 0 Å². The monoisotopic (exact) mass is 293 g/mol. The second-order valence-corrected chi connectivity index (χ2v) is 5.36. The molecular formula is C10H14F3N5S. The van der Waals surface area contributed by atoms with Crippen LogP contribution in [0, 0.1) is 0 Å². The van der Waals surface area contributed by atoms with E-state index in [1.165, 1.54) is 6.07 Å². The summed E-state index contributed by atoms with van der Waals surface area (Å²) in [6, 6.07) is 1.60. The molecule has 106 valence electrons. The molecule has 0 amide bonds. The molecule has 1 aromatic heterocycles. The maximum atomic E-state index is 12.7. The number of nitrogen functional groups attached to an aromatic ring is 1. The Morgan fingerprint density at radius 1 is 1.47 bits per heavy atom. The molecule has 1 fully saturated rings. The largest absolute Gasteiger partial charge is 0.451 e. The van der Waals surface area contributed by atoms with Crippen LogP contribution in [0.4, 0.5) is 24.8 Å². The van der Waals surface area contributed by atoms with Crippen LogP contribution in [-0.2, 0) is 6.18 Å². The molecule has 19 heavy (non-hydrogen) atoms. The van der Waals surface area contributed by atoms with E-state index < -0.39 is 12.0 Å². The first-order valence-electron chi connectivity index (χ1n) is 5.65. The fourth-order valence-corrected chi connectivity index (χ4v) is 3.10. The predicted octanol–water partition coefficient (Wildman–Crippen LogP) is 1.72. The highest BCUT2D eigenvalue weighted by Gasteiger charge is 2.36. The molecule has 1 aromatic rings. The van der Waals surface area contributed by atoms with Crippen LogP contribution in [0.15, 0.2) is 6.07 Å². The second-order valence-electron chi connectivity index (χ2n) is 4.21. The van der Waals surface area contributed by atoms with Gasteiger partial charge in [-0.25, -0.2) is 15.8 Å². The van der Waals surface area contributed by atoms with Crippen LogP contribution in [-0.4, -0.2) is 34.6 Å². The Balaban J connectivity index is 2.33. The van der Waals surface area contributed by atoms with Crippen LogP contribution in [0.25, 0.3) is 0 Å². The molecule has 1 unspecified atom stereocenters. The molecule has 3 N–H and O–H groups in total. The summed E-state index contributed by atoms with van der Waals surface area (Å²) < 4.78 is 38.1. The van der Waals surface area contributed by atoms with E-state index >= 15 is 0 Å². The van der Waals surface area contributed by atoms with Crippen molar-refractivity contribution in [2.24, 2.45) is 5.84 Å². The van der Waals surface area contributed by atoms with E-state index in [-0.39, 0.29) is 17.7 Å². The highest BCUT2D eigenvalue weighted by Crippen LogP contribution is 2.31. The standard InChI is InChI=1S/C10H14F3N5S/c1-18(6-2-3-19-5-6)8-4-7(17-14)15-9(16-8)10(11,12)13/h4,6H,2-3,5,14H2,1H3,(H,15,16,17). The predicted molar refractivity (Wildman–Crippen MR) is 69.0 cm³/mol. The lowest BCUT2D eigenvalue weighted by molar-refractivity contribution is -0.144. The number of alkyl halides is 3. The molecular weight excluding hydrogens is 279 g/mol. The summed E-state index contributed by atoms with van der Waals surface area (Å²) >= 11 is 1.78. The van der Waals surface area contributed by atoms with Gasteiger partial charge < -0.3 is 10.3 Å². The normalized spacial score (nSPS) is 19.5. The molecule has 2 heterocycles. The average Bonchev–Trinajstić information content (AvgIpc) is 2.90. The van der Waals surface area contributed by atoms with Gasteiger partial charge in [-0.1, -0.05) is 0 Å². The van der Waals surface area contributed by atoms with Gasteiger partial charge in [0.05, 0.1) is 0 Å². The smallest absolute Gasteiger partial charge is 0.356 e. The Labute approximate surface area is 112 Å². The Kier molecular flexibility index (Phi) is 4.04. The molecule has 0 bridgehead atoms. The zero-order chi connectivity index (χ0) is 14.0. The number of aromatic nitrogens is 2. The van der Waals surface area contributed by atoms with Crippen molar-refractivity contribution in [1.82, 2.24) is 9.97 Å². The lowest BCUT2D eigenvalue weighted by Crippen LogP contribution is -2.33. The number of hydrogen-bond acceptors (Lipinski definition) is 6. The van der Waals surface area contributed by atoms with Crippen molar-refractivity contribution in [3.8, 4) is 0 Å². The molecule has 0 aromatic carbocycles. The van der Waals surface area contributed by atoms with Crippen LogP contribution in [0.3, 0.4) is 0 Å². The highest BCUT2D eigenvalue weighted by atomic mass is 32.2. The molecule has 9 heteroatoms. The Hall–Kier alpha value is -1.22. The fraction of sp³-hybridized carbons (Fsp3) is 0.600. The number of nitrogens with zero attached hydrogens (tertiary/aromatic N) is 3. The Bertz CT molecular complexity index is 447. The summed E-state index contributed by atoms with van der Waals surface area (Å²) in [4.78, 5) is 8.66. The zero-order valence-electron chi connectivity index (χ0n) is 10.2. The molecule has 0 saturated carbocycles. The van der Waals surface area contributed by atoms with Crippen LogP contribution in [0.2, 0.25) is 0 Å². The van der Waals surface area contributed by atoms with E-state index in [1.54, 1.807) is 23.7 Å². The first-order chi connectivity index (χ1) is 8.91. The number of hydrazine groups is 1. The molecule has 1 atom stereocenters. The van der Waals surface area contributed by atoms with Gasteiger partial charge >= 0.3 is 6.18 Å². The van der Waals surface area contributed by atoms with E-state index in [0.29, 0.717) is 0 Å². The molecule has 1 saturated heterocycles. The summed E-state index contributed by atoms with van der Waals surface area (Å²) in [6.07, 6.45) is -3.66.